The Hall–Kier alpha value is 0.817. The summed E-state index contributed by atoms with van der Waals surface area (Å²) in [5.41, 5.74) is 0. The van der Waals surface area contributed by atoms with E-state index in [9.17, 15) is 0 Å². The molecule has 0 nitrogen and oxygen atoms in total. The molecule has 0 aromatic heterocycles. The molecule has 0 spiro atoms. The van der Waals surface area contributed by atoms with E-state index in [1.807, 2.05) is 0 Å². The molecule has 0 radical (unpaired) electrons. The van der Waals surface area contributed by atoms with Crippen LogP contribution in [0.2, 0.25) is 26.6 Å². The number of benzene rings is 1. The van der Waals surface area contributed by atoms with E-state index in [4.69, 9.17) is 0 Å². The van der Waals surface area contributed by atoms with Gasteiger partial charge in [-0.05, 0) is 0 Å². The first-order valence-electron chi connectivity index (χ1n) is 14.7. The van der Waals surface area contributed by atoms with Crippen LogP contribution < -0.4 is 7.16 Å². The first-order valence-corrected chi connectivity index (χ1v) is 29.7. The van der Waals surface area contributed by atoms with Crippen LogP contribution in [0.1, 0.15) is 119 Å². The van der Waals surface area contributed by atoms with Crippen molar-refractivity contribution < 1.29 is 0 Å². The monoisotopic (exact) mass is 658 g/mol. The average molecular weight is 656 g/mol. The van der Waals surface area contributed by atoms with Crippen LogP contribution in [0, 0.1) is 0 Å². The van der Waals surface area contributed by atoms with E-state index in [1.54, 1.807) is 26.6 Å². The van der Waals surface area contributed by atoms with Gasteiger partial charge in [-0.25, -0.2) is 0 Å². The summed E-state index contributed by atoms with van der Waals surface area (Å²) in [6, 6.07) is 10.3. The van der Waals surface area contributed by atoms with Crippen LogP contribution in [0.15, 0.2) is 24.3 Å². The fourth-order valence-corrected chi connectivity index (χ4v) is 49.1. The van der Waals surface area contributed by atoms with Gasteiger partial charge < -0.3 is 0 Å². The van der Waals surface area contributed by atoms with Gasteiger partial charge in [-0.15, -0.1) is 0 Å². The third kappa shape index (κ3) is 9.46. The topological polar surface area (TPSA) is 0 Å². The molecule has 0 aliphatic rings. The Morgan fingerprint density at radius 2 is 0.625 bits per heavy atom. The van der Waals surface area contributed by atoms with E-state index in [0.717, 1.165) is 0 Å². The molecular formula is C30H58Sn2. The van der Waals surface area contributed by atoms with Gasteiger partial charge in [-0.3, -0.25) is 0 Å². The summed E-state index contributed by atoms with van der Waals surface area (Å²) in [6.45, 7) is 14.6. The Morgan fingerprint density at radius 3 is 0.812 bits per heavy atom. The van der Waals surface area contributed by atoms with Crippen LogP contribution in [0.4, 0.5) is 0 Å². The molecule has 0 atom stereocenters. The molecule has 0 saturated carbocycles. The molecule has 0 aliphatic heterocycles. The Morgan fingerprint density at radius 1 is 0.406 bits per heavy atom. The van der Waals surface area contributed by atoms with Gasteiger partial charge in [0.25, 0.3) is 0 Å². The summed E-state index contributed by atoms with van der Waals surface area (Å²) in [4.78, 5) is 0. The fourth-order valence-electron chi connectivity index (χ4n) is 6.06. The van der Waals surface area contributed by atoms with Gasteiger partial charge in [0, 0.05) is 0 Å². The van der Waals surface area contributed by atoms with Gasteiger partial charge in [0.2, 0.25) is 0 Å². The summed E-state index contributed by atoms with van der Waals surface area (Å²) < 4.78 is 13.9. The maximum absolute atomic E-state index is 2.72. The SMILES string of the molecule is CCC[CH2][Sn]([CH2]CCC)([CH2]CCC)[c]1cccc[c]1[Sn]([CH2]CCC)([CH2]CCC)[CH2]CCC. The first-order chi connectivity index (χ1) is 15.6. The molecule has 2 heteroatoms. The molecule has 0 fully saturated rings. The van der Waals surface area contributed by atoms with Crippen LogP contribution in [-0.2, 0) is 0 Å². The zero-order valence-electron chi connectivity index (χ0n) is 23.0. The van der Waals surface area contributed by atoms with E-state index >= 15 is 0 Å². The van der Waals surface area contributed by atoms with Crippen molar-refractivity contribution in [1.82, 2.24) is 0 Å². The van der Waals surface area contributed by atoms with Crippen molar-refractivity contribution in [1.29, 1.82) is 0 Å². The summed E-state index contributed by atoms with van der Waals surface area (Å²) in [6.07, 6.45) is 17.2. The molecule has 1 rings (SSSR count). The Balaban J connectivity index is 3.66. The molecule has 186 valence electrons. The third-order valence-electron chi connectivity index (χ3n) is 8.12. The van der Waals surface area contributed by atoms with Crippen molar-refractivity contribution in [3.05, 3.63) is 24.3 Å². The van der Waals surface area contributed by atoms with Crippen molar-refractivity contribution in [2.24, 2.45) is 0 Å². The number of hydrogen-bond acceptors (Lipinski definition) is 0. The molecule has 1 aromatic carbocycles. The average Bonchev–Trinajstić information content (AvgIpc) is 2.84. The molecule has 0 aliphatic carbocycles. The van der Waals surface area contributed by atoms with E-state index in [0.29, 0.717) is 0 Å². The van der Waals surface area contributed by atoms with Crippen molar-refractivity contribution in [2.45, 2.75) is 145 Å². The minimum absolute atomic E-state index is 1.38. The van der Waals surface area contributed by atoms with Crippen molar-refractivity contribution >= 4 is 43.9 Å². The van der Waals surface area contributed by atoms with Gasteiger partial charge in [-0.1, -0.05) is 0 Å². The number of unbranched alkanes of at least 4 members (excludes halogenated alkanes) is 6. The molecule has 0 saturated heterocycles. The standard InChI is InChI=1S/C6H4.6C4H9.2Sn/c1-2-4-6-5-3-1;6*1-3-4-2;;/h1-4H;6*1,3-4H2,2H3;;. The molecular weight excluding hydrogens is 598 g/mol. The molecule has 0 amide bonds. The molecule has 32 heavy (non-hydrogen) atoms. The molecule has 0 N–H and O–H groups in total. The van der Waals surface area contributed by atoms with E-state index in [-0.39, 0.29) is 0 Å². The predicted octanol–water partition coefficient (Wildman–Crippen LogP) is 9.80. The molecule has 0 bridgehead atoms. The summed E-state index contributed by atoms with van der Waals surface area (Å²) in [7, 11) is 0. The number of rotatable bonds is 20. The summed E-state index contributed by atoms with van der Waals surface area (Å²) in [5, 5.41) is 0. The van der Waals surface area contributed by atoms with Crippen molar-refractivity contribution in [3.63, 3.8) is 0 Å². The van der Waals surface area contributed by atoms with Crippen LogP contribution in [0.5, 0.6) is 0 Å². The maximum atomic E-state index is 2.72. The third-order valence-corrected chi connectivity index (χ3v) is 41.6. The summed E-state index contributed by atoms with van der Waals surface area (Å²) in [5.74, 6) is 0. The Bertz CT molecular complexity index is 485. The summed E-state index contributed by atoms with van der Waals surface area (Å²) >= 11 is -4.84. The van der Waals surface area contributed by atoms with Crippen LogP contribution in [0.25, 0.3) is 0 Å². The zero-order chi connectivity index (χ0) is 23.7. The van der Waals surface area contributed by atoms with E-state index in [1.165, 1.54) is 77.0 Å². The zero-order valence-corrected chi connectivity index (χ0v) is 28.7. The van der Waals surface area contributed by atoms with Gasteiger partial charge in [0.1, 0.15) is 0 Å². The van der Waals surface area contributed by atoms with E-state index < -0.39 is 36.8 Å². The molecule has 0 heterocycles. The molecule has 0 unspecified atom stereocenters. The Kier molecular flexibility index (Phi) is 17.5. The Labute approximate surface area is 211 Å². The predicted molar refractivity (Wildman–Crippen MR) is 156 cm³/mol. The second-order valence-corrected chi connectivity index (χ2v) is 37.0. The second kappa shape index (κ2) is 18.1. The van der Waals surface area contributed by atoms with Crippen LogP contribution in [0.3, 0.4) is 0 Å². The molecule has 1 aromatic rings. The van der Waals surface area contributed by atoms with E-state index in [2.05, 4.69) is 73.0 Å². The fraction of sp³-hybridized carbons (Fsp3) is 0.800. The van der Waals surface area contributed by atoms with Crippen molar-refractivity contribution in [3.8, 4) is 0 Å². The quantitative estimate of drug-likeness (QED) is 0.123. The second-order valence-electron chi connectivity index (χ2n) is 10.7. The normalized spacial score (nSPS) is 12.4. The van der Waals surface area contributed by atoms with Crippen LogP contribution in [-0.4, -0.2) is 36.8 Å². The van der Waals surface area contributed by atoms with Crippen LogP contribution >= 0.6 is 0 Å². The van der Waals surface area contributed by atoms with Gasteiger partial charge in [0.15, 0.2) is 0 Å². The van der Waals surface area contributed by atoms with Crippen molar-refractivity contribution in [2.75, 3.05) is 0 Å². The minimum atomic E-state index is -2.42. The van der Waals surface area contributed by atoms with Gasteiger partial charge >= 0.3 is 213 Å². The number of hydrogen-bond donors (Lipinski definition) is 0. The van der Waals surface area contributed by atoms with Gasteiger partial charge in [0.05, 0.1) is 0 Å². The first kappa shape index (κ1) is 30.8. The van der Waals surface area contributed by atoms with Gasteiger partial charge in [-0.2, -0.15) is 0 Å².